The fourth-order valence-corrected chi connectivity index (χ4v) is 6.20. The van der Waals surface area contributed by atoms with Crippen LogP contribution < -0.4 is 4.90 Å². The Morgan fingerprint density at radius 3 is 2.53 bits per heavy atom. The second kappa shape index (κ2) is 8.83. The first-order valence-corrected chi connectivity index (χ1v) is 12.6. The van der Waals surface area contributed by atoms with Crippen molar-refractivity contribution in [1.29, 1.82) is 0 Å². The normalized spacial score (nSPS) is 15.9. The number of ketones is 1. The van der Waals surface area contributed by atoms with E-state index in [0.717, 1.165) is 16.0 Å². The molecular formula is C26H19ClN2O3S2. The number of thiazole rings is 1. The van der Waals surface area contributed by atoms with E-state index in [9.17, 15) is 14.7 Å². The molecule has 0 fully saturated rings. The number of aromatic nitrogens is 1. The Morgan fingerprint density at radius 2 is 1.85 bits per heavy atom. The van der Waals surface area contributed by atoms with Crippen LogP contribution >= 0.6 is 34.3 Å². The minimum atomic E-state index is -0.749. The average Bonchev–Trinajstić information content (AvgIpc) is 3.54. The highest BCUT2D eigenvalue weighted by atomic mass is 35.5. The Bertz CT molecular complexity index is 1440. The molecule has 0 bridgehead atoms. The lowest BCUT2D eigenvalue weighted by atomic mass is 9.99. The van der Waals surface area contributed by atoms with Crippen molar-refractivity contribution in [1.82, 2.24) is 4.98 Å². The SMILES string of the molecule is Cc1cc(Cl)ccc1N1C(=O)C(O)=C(C(=O)c2sc(-c3ccccc3)nc2C)C1c1cccs1. The van der Waals surface area contributed by atoms with Gasteiger partial charge in [0.25, 0.3) is 5.91 Å². The number of anilines is 1. The van der Waals surface area contributed by atoms with Crippen molar-refractivity contribution in [3.8, 4) is 10.6 Å². The predicted molar refractivity (Wildman–Crippen MR) is 137 cm³/mol. The van der Waals surface area contributed by atoms with Gasteiger partial charge in [0.1, 0.15) is 11.0 Å². The van der Waals surface area contributed by atoms with E-state index in [1.165, 1.54) is 27.6 Å². The average molecular weight is 507 g/mol. The zero-order chi connectivity index (χ0) is 24.0. The van der Waals surface area contributed by atoms with Crippen molar-refractivity contribution in [3.63, 3.8) is 0 Å². The number of halogens is 1. The summed E-state index contributed by atoms with van der Waals surface area (Å²) in [5, 5.41) is 14.1. The van der Waals surface area contributed by atoms with Crippen LogP contribution in [0, 0.1) is 13.8 Å². The number of carbonyl (C=O) groups is 2. The van der Waals surface area contributed by atoms with Crippen molar-refractivity contribution < 1.29 is 14.7 Å². The molecule has 1 unspecified atom stereocenters. The number of rotatable bonds is 5. The zero-order valence-corrected chi connectivity index (χ0v) is 20.7. The number of carbonyl (C=O) groups excluding carboxylic acids is 2. The summed E-state index contributed by atoms with van der Waals surface area (Å²) in [6.07, 6.45) is 0. The topological polar surface area (TPSA) is 70.5 Å². The molecule has 1 aliphatic heterocycles. The lowest BCUT2D eigenvalue weighted by Gasteiger charge is -2.27. The van der Waals surface area contributed by atoms with Gasteiger partial charge in [-0.2, -0.15) is 0 Å². The van der Waals surface area contributed by atoms with Gasteiger partial charge in [-0.1, -0.05) is 48.0 Å². The Morgan fingerprint density at radius 1 is 1.09 bits per heavy atom. The molecule has 1 amide bonds. The maximum Gasteiger partial charge on any atom is 0.294 e. The van der Waals surface area contributed by atoms with E-state index in [1.807, 2.05) is 54.8 Å². The third kappa shape index (κ3) is 3.76. The second-order valence-corrected chi connectivity index (χ2v) is 10.3. The molecule has 0 aliphatic carbocycles. The first kappa shape index (κ1) is 22.5. The first-order valence-electron chi connectivity index (χ1n) is 10.5. The molecule has 0 spiro atoms. The van der Waals surface area contributed by atoms with E-state index < -0.39 is 23.5 Å². The minimum Gasteiger partial charge on any atom is -0.503 e. The van der Waals surface area contributed by atoms with Crippen LogP contribution in [0.15, 0.2) is 77.4 Å². The largest absolute Gasteiger partial charge is 0.503 e. The van der Waals surface area contributed by atoms with E-state index in [-0.39, 0.29) is 5.57 Å². The molecule has 0 radical (unpaired) electrons. The summed E-state index contributed by atoms with van der Waals surface area (Å²) >= 11 is 8.82. The summed E-state index contributed by atoms with van der Waals surface area (Å²) in [4.78, 5) is 34.4. The van der Waals surface area contributed by atoms with Gasteiger partial charge in [0.15, 0.2) is 5.76 Å². The van der Waals surface area contributed by atoms with Crippen LogP contribution in [0.1, 0.15) is 31.8 Å². The quantitative estimate of drug-likeness (QED) is 0.298. The van der Waals surface area contributed by atoms with Crippen LogP contribution in [0.4, 0.5) is 5.69 Å². The molecule has 2 aromatic carbocycles. The lowest BCUT2D eigenvalue weighted by molar-refractivity contribution is -0.117. The van der Waals surface area contributed by atoms with Gasteiger partial charge in [-0.3, -0.25) is 14.5 Å². The van der Waals surface area contributed by atoms with Gasteiger partial charge in [0.05, 0.1) is 16.1 Å². The number of amides is 1. The molecule has 3 heterocycles. The molecule has 170 valence electrons. The molecule has 1 N–H and O–H groups in total. The molecule has 8 heteroatoms. The maximum absolute atomic E-state index is 13.8. The van der Waals surface area contributed by atoms with Gasteiger partial charge in [0, 0.05) is 21.2 Å². The molecule has 1 atom stereocenters. The summed E-state index contributed by atoms with van der Waals surface area (Å²) in [6.45, 7) is 3.61. The van der Waals surface area contributed by atoms with Crippen molar-refractivity contribution in [2.24, 2.45) is 0 Å². The van der Waals surface area contributed by atoms with Gasteiger partial charge >= 0.3 is 0 Å². The molecule has 5 nitrogen and oxygen atoms in total. The Labute approximate surface area is 209 Å². The molecule has 5 rings (SSSR count). The smallest absolute Gasteiger partial charge is 0.294 e. The number of aliphatic hydroxyl groups is 1. The van der Waals surface area contributed by atoms with Gasteiger partial charge in [-0.15, -0.1) is 22.7 Å². The van der Waals surface area contributed by atoms with E-state index in [0.29, 0.717) is 26.3 Å². The monoisotopic (exact) mass is 506 g/mol. The van der Waals surface area contributed by atoms with Crippen LogP contribution in [0.25, 0.3) is 10.6 Å². The van der Waals surface area contributed by atoms with Gasteiger partial charge in [0.2, 0.25) is 5.78 Å². The zero-order valence-electron chi connectivity index (χ0n) is 18.3. The Balaban J connectivity index is 1.62. The van der Waals surface area contributed by atoms with Crippen LogP contribution in [0.2, 0.25) is 5.02 Å². The second-order valence-electron chi connectivity index (χ2n) is 7.91. The third-order valence-corrected chi connectivity index (χ3v) is 8.07. The van der Waals surface area contributed by atoms with Crippen LogP contribution in [-0.2, 0) is 4.79 Å². The summed E-state index contributed by atoms with van der Waals surface area (Å²) < 4.78 is 0. The fraction of sp³-hybridized carbons (Fsp3) is 0.115. The van der Waals surface area contributed by atoms with Crippen molar-refractivity contribution in [2.45, 2.75) is 19.9 Å². The summed E-state index contributed by atoms with van der Waals surface area (Å²) in [5.74, 6) is -1.54. The summed E-state index contributed by atoms with van der Waals surface area (Å²) in [6, 6.07) is 17.8. The summed E-state index contributed by atoms with van der Waals surface area (Å²) in [7, 11) is 0. The Kier molecular flexibility index (Phi) is 5.85. The number of thiophene rings is 1. The third-order valence-electron chi connectivity index (χ3n) is 5.71. The standard InChI is InChI=1S/C26H19ClN2O3S2/c1-14-13-17(27)10-11-18(14)29-21(19-9-6-12-33-19)20(23(31)26(29)32)22(30)24-15(2)28-25(34-24)16-7-4-3-5-8-16/h3-13,21,31H,1-2H3. The van der Waals surface area contributed by atoms with Crippen molar-refractivity contribution >= 4 is 51.7 Å². The van der Waals surface area contributed by atoms with E-state index in [2.05, 4.69) is 4.98 Å². The van der Waals surface area contributed by atoms with E-state index in [1.54, 1.807) is 25.1 Å². The molecular weight excluding hydrogens is 488 g/mol. The van der Waals surface area contributed by atoms with Crippen molar-refractivity contribution in [3.05, 3.63) is 103 Å². The highest BCUT2D eigenvalue weighted by molar-refractivity contribution is 7.17. The lowest BCUT2D eigenvalue weighted by Crippen LogP contribution is -2.31. The molecule has 34 heavy (non-hydrogen) atoms. The molecule has 2 aromatic heterocycles. The number of benzene rings is 2. The van der Waals surface area contributed by atoms with Gasteiger partial charge in [-0.05, 0) is 49.1 Å². The van der Waals surface area contributed by atoms with Gasteiger partial charge < -0.3 is 5.11 Å². The number of nitrogens with zero attached hydrogens (tertiary/aromatic N) is 2. The van der Waals surface area contributed by atoms with E-state index >= 15 is 0 Å². The number of hydrogen-bond acceptors (Lipinski definition) is 6. The maximum atomic E-state index is 13.8. The minimum absolute atomic E-state index is 0.0631. The van der Waals surface area contributed by atoms with Crippen LogP contribution in [0.5, 0.6) is 0 Å². The van der Waals surface area contributed by atoms with Crippen LogP contribution in [0.3, 0.4) is 0 Å². The summed E-state index contributed by atoms with van der Waals surface area (Å²) in [5.41, 5.74) is 2.89. The first-order chi connectivity index (χ1) is 16.4. The molecule has 0 saturated heterocycles. The van der Waals surface area contributed by atoms with Crippen molar-refractivity contribution in [2.75, 3.05) is 4.90 Å². The van der Waals surface area contributed by atoms with Gasteiger partial charge in [-0.25, -0.2) is 4.98 Å². The number of aryl methyl sites for hydroxylation is 2. The van der Waals surface area contributed by atoms with Crippen LogP contribution in [-0.4, -0.2) is 21.8 Å². The molecule has 1 aliphatic rings. The number of aliphatic hydroxyl groups excluding tert-OH is 1. The highest BCUT2D eigenvalue weighted by Gasteiger charge is 2.46. The fourth-order valence-electron chi connectivity index (χ4n) is 4.12. The molecule has 0 saturated carbocycles. The Hall–Kier alpha value is -3.26. The number of Topliss-reactive ketones (excluding diaryl/α,β-unsaturated/α-hetero) is 1. The molecule has 4 aromatic rings. The number of hydrogen-bond donors (Lipinski definition) is 1. The predicted octanol–water partition coefficient (Wildman–Crippen LogP) is 6.92. The highest BCUT2D eigenvalue weighted by Crippen LogP contribution is 2.45. The van der Waals surface area contributed by atoms with E-state index in [4.69, 9.17) is 11.6 Å².